The zero-order chi connectivity index (χ0) is 12.7. The molecule has 0 aliphatic heterocycles. The molecule has 0 aliphatic rings. The van der Waals surface area contributed by atoms with Gasteiger partial charge in [0.25, 0.3) is 0 Å². The number of carbonyl (C=O) groups excluding carboxylic acids is 1. The van der Waals surface area contributed by atoms with Crippen LogP contribution in [0.2, 0.25) is 0 Å². The van der Waals surface area contributed by atoms with Crippen molar-refractivity contribution in [1.29, 1.82) is 0 Å². The minimum absolute atomic E-state index is 0.216. The lowest BCUT2D eigenvalue weighted by Gasteiger charge is -2.11. The maximum atomic E-state index is 10.8. The van der Waals surface area contributed by atoms with E-state index in [0.717, 1.165) is 17.4 Å². The Morgan fingerprint density at radius 2 is 2.12 bits per heavy atom. The number of esters is 1. The lowest BCUT2D eigenvalue weighted by molar-refractivity contribution is -0.163. The van der Waals surface area contributed by atoms with Gasteiger partial charge in [0.05, 0.1) is 6.61 Å². The normalized spacial score (nSPS) is 11.6. The van der Waals surface area contributed by atoms with Crippen molar-refractivity contribution >= 4 is 5.97 Å². The van der Waals surface area contributed by atoms with Gasteiger partial charge < -0.3 is 14.6 Å². The number of carbonyl (C=O) groups is 1. The van der Waals surface area contributed by atoms with Crippen molar-refractivity contribution in [1.82, 2.24) is 0 Å². The summed E-state index contributed by atoms with van der Waals surface area (Å²) in [5.74, 6) is 0.0747. The summed E-state index contributed by atoms with van der Waals surface area (Å²) in [7, 11) is 0. The summed E-state index contributed by atoms with van der Waals surface area (Å²) in [5, 5.41) is 9.30. The Hall–Kier alpha value is -1.81. The molecule has 0 fully saturated rings. The first-order chi connectivity index (χ1) is 8.11. The van der Waals surface area contributed by atoms with Gasteiger partial charge in [0.15, 0.2) is 0 Å². The van der Waals surface area contributed by atoms with Crippen LogP contribution in [-0.4, -0.2) is 24.0 Å². The van der Waals surface area contributed by atoms with E-state index in [-0.39, 0.29) is 13.0 Å². The van der Waals surface area contributed by atoms with E-state index in [9.17, 15) is 9.90 Å². The van der Waals surface area contributed by atoms with E-state index in [2.05, 4.69) is 11.3 Å². The van der Waals surface area contributed by atoms with E-state index < -0.39 is 12.3 Å². The third-order valence-corrected chi connectivity index (χ3v) is 2.07. The molecular weight excluding hydrogens is 220 g/mol. The van der Waals surface area contributed by atoms with Crippen molar-refractivity contribution in [2.45, 2.75) is 19.6 Å². The Morgan fingerprint density at radius 1 is 1.47 bits per heavy atom. The highest BCUT2D eigenvalue weighted by Gasteiger charge is 2.08. The summed E-state index contributed by atoms with van der Waals surface area (Å²) in [5.41, 5.74) is 1.15. The van der Waals surface area contributed by atoms with Gasteiger partial charge in [-0.15, -0.1) is 0 Å². The van der Waals surface area contributed by atoms with Gasteiger partial charge in [-0.05, 0) is 19.1 Å². The van der Waals surface area contributed by atoms with Gasteiger partial charge in [-0.3, -0.25) is 0 Å². The molecule has 0 amide bonds. The fourth-order valence-electron chi connectivity index (χ4n) is 1.15. The average Bonchev–Trinajstić information content (AvgIpc) is 2.31. The monoisotopic (exact) mass is 236 g/mol. The van der Waals surface area contributed by atoms with Crippen molar-refractivity contribution in [2.75, 3.05) is 6.61 Å². The SMILES string of the molecule is C=CC(=O)OC(O)CCOc1ccc(C)cc1. The van der Waals surface area contributed by atoms with Crippen molar-refractivity contribution in [2.24, 2.45) is 0 Å². The summed E-state index contributed by atoms with van der Waals surface area (Å²) in [6.07, 6.45) is 0.0586. The molecule has 1 N–H and O–H groups in total. The van der Waals surface area contributed by atoms with Crippen molar-refractivity contribution in [3.8, 4) is 5.75 Å². The predicted molar refractivity (Wildman–Crippen MR) is 63.6 cm³/mol. The fourth-order valence-corrected chi connectivity index (χ4v) is 1.15. The van der Waals surface area contributed by atoms with Crippen LogP contribution in [-0.2, 0) is 9.53 Å². The van der Waals surface area contributed by atoms with Crippen LogP contribution in [0, 0.1) is 6.92 Å². The molecule has 92 valence electrons. The van der Waals surface area contributed by atoms with Gasteiger partial charge >= 0.3 is 5.97 Å². The van der Waals surface area contributed by atoms with Crippen LogP contribution in [0.1, 0.15) is 12.0 Å². The lowest BCUT2D eigenvalue weighted by atomic mass is 10.2. The number of hydrogen-bond acceptors (Lipinski definition) is 4. The van der Waals surface area contributed by atoms with Crippen LogP contribution in [0.4, 0.5) is 0 Å². The highest BCUT2D eigenvalue weighted by Crippen LogP contribution is 2.11. The molecule has 1 aromatic rings. The van der Waals surface area contributed by atoms with E-state index in [4.69, 9.17) is 4.74 Å². The molecule has 1 aromatic carbocycles. The third-order valence-electron chi connectivity index (χ3n) is 2.07. The van der Waals surface area contributed by atoms with Crippen LogP contribution in [0.3, 0.4) is 0 Å². The van der Waals surface area contributed by atoms with Gasteiger partial charge in [-0.2, -0.15) is 0 Å². The van der Waals surface area contributed by atoms with Gasteiger partial charge in [0, 0.05) is 12.5 Å². The molecule has 0 heterocycles. The van der Waals surface area contributed by atoms with Gasteiger partial charge in [0.1, 0.15) is 5.75 Å². The fraction of sp³-hybridized carbons (Fsp3) is 0.308. The minimum Gasteiger partial charge on any atom is -0.493 e. The van der Waals surface area contributed by atoms with E-state index >= 15 is 0 Å². The summed E-state index contributed by atoms with van der Waals surface area (Å²) in [6, 6.07) is 7.56. The lowest BCUT2D eigenvalue weighted by Crippen LogP contribution is -2.18. The first kappa shape index (κ1) is 13.3. The van der Waals surface area contributed by atoms with Crippen LogP contribution in [0.5, 0.6) is 5.75 Å². The van der Waals surface area contributed by atoms with Crippen LogP contribution >= 0.6 is 0 Å². The molecule has 0 saturated heterocycles. The molecule has 0 aromatic heterocycles. The number of rotatable bonds is 6. The zero-order valence-electron chi connectivity index (χ0n) is 9.76. The molecule has 0 bridgehead atoms. The Bertz CT molecular complexity index is 370. The number of aliphatic hydroxyl groups excluding tert-OH is 1. The number of aliphatic hydroxyl groups is 1. The molecule has 0 radical (unpaired) electrons. The summed E-state index contributed by atoms with van der Waals surface area (Å²) in [6.45, 7) is 5.49. The zero-order valence-corrected chi connectivity index (χ0v) is 9.76. The molecule has 4 nitrogen and oxygen atoms in total. The smallest absolute Gasteiger partial charge is 0.332 e. The summed E-state index contributed by atoms with van der Waals surface area (Å²) < 4.78 is 9.94. The van der Waals surface area contributed by atoms with E-state index in [1.807, 2.05) is 31.2 Å². The Morgan fingerprint density at radius 3 is 2.71 bits per heavy atom. The molecule has 0 spiro atoms. The standard InChI is InChI=1S/C13H16O4/c1-3-12(14)17-13(15)8-9-16-11-6-4-10(2)5-7-11/h3-7,13,15H,1,8-9H2,2H3. The number of hydrogen-bond donors (Lipinski definition) is 1. The van der Waals surface area contributed by atoms with Crippen molar-refractivity contribution < 1.29 is 19.4 Å². The number of benzene rings is 1. The number of aryl methyl sites for hydroxylation is 1. The van der Waals surface area contributed by atoms with Gasteiger partial charge in [0.2, 0.25) is 6.29 Å². The second-order valence-corrected chi connectivity index (χ2v) is 3.55. The van der Waals surface area contributed by atoms with E-state index in [1.54, 1.807) is 0 Å². The molecule has 0 aliphatic carbocycles. The highest BCUT2D eigenvalue weighted by molar-refractivity contribution is 5.81. The largest absolute Gasteiger partial charge is 0.493 e. The number of ether oxygens (including phenoxy) is 2. The molecule has 17 heavy (non-hydrogen) atoms. The highest BCUT2D eigenvalue weighted by atomic mass is 16.6. The molecule has 1 atom stereocenters. The second-order valence-electron chi connectivity index (χ2n) is 3.55. The summed E-state index contributed by atoms with van der Waals surface area (Å²) in [4.78, 5) is 10.8. The van der Waals surface area contributed by atoms with E-state index in [1.165, 1.54) is 0 Å². The van der Waals surface area contributed by atoms with Gasteiger partial charge in [-0.1, -0.05) is 24.3 Å². The topological polar surface area (TPSA) is 55.8 Å². The summed E-state index contributed by atoms with van der Waals surface area (Å²) >= 11 is 0. The Balaban J connectivity index is 2.25. The maximum absolute atomic E-state index is 10.8. The van der Waals surface area contributed by atoms with Crippen LogP contribution in [0.25, 0.3) is 0 Å². The third kappa shape index (κ3) is 5.17. The molecule has 4 heteroatoms. The molecular formula is C13H16O4. The van der Waals surface area contributed by atoms with Crippen molar-refractivity contribution in [3.63, 3.8) is 0 Å². The molecule has 1 rings (SSSR count). The minimum atomic E-state index is -1.16. The predicted octanol–water partition coefficient (Wildman–Crippen LogP) is 1.81. The van der Waals surface area contributed by atoms with Crippen LogP contribution < -0.4 is 4.74 Å². The molecule has 0 saturated carbocycles. The van der Waals surface area contributed by atoms with Crippen molar-refractivity contribution in [3.05, 3.63) is 42.5 Å². The van der Waals surface area contributed by atoms with E-state index in [0.29, 0.717) is 0 Å². The Labute approximate surface area is 100 Å². The average molecular weight is 236 g/mol. The maximum Gasteiger partial charge on any atom is 0.332 e. The quantitative estimate of drug-likeness (QED) is 0.465. The Kier molecular flexibility index (Phi) is 5.23. The second kappa shape index (κ2) is 6.70. The van der Waals surface area contributed by atoms with Crippen LogP contribution in [0.15, 0.2) is 36.9 Å². The first-order valence-corrected chi connectivity index (χ1v) is 5.32. The molecule has 1 unspecified atom stereocenters. The van der Waals surface area contributed by atoms with Gasteiger partial charge in [-0.25, -0.2) is 4.79 Å². The first-order valence-electron chi connectivity index (χ1n) is 5.32.